The average molecular weight is 429 g/mol. The molecule has 0 aromatic rings. The van der Waals surface area contributed by atoms with E-state index in [0.29, 0.717) is 3.81 Å². The topological polar surface area (TPSA) is 86.2 Å². The van der Waals surface area contributed by atoms with Gasteiger partial charge in [0.25, 0.3) is 0 Å². The first-order chi connectivity index (χ1) is 9.57. The van der Waals surface area contributed by atoms with E-state index in [1.165, 1.54) is 13.0 Å². The van der Waals surface area contributed by atoms with Gasteiger partial charge in [-0.25, -0.2) is 12.8 Å². The van der Waals surface area contributed by atoms with Crippen molar-refractivity contribution in [2.75, 3.05) is 5.75 Å². The lowest BCUT2D eigenvalue weighted by Crippen LogP contribution is -2.59. The van der Waals surface area contributed by atoms with Gasteiger partial charge in [-0.2, -0.15) is 13.2 Å². The van der Waals surface area contributed by atoms with Crippen LogP contribution in [-0.2, 0) is 9.84 Å². The number of thioether (sulfide) groups is 1. The van der Waals surface area contributed by atoms with Crippen LogP contribution in [0.1, 0.15) is 20.3 Å². The lowest BCUT2D eigenvalue weighted by molar-refractivity contribution is -0.140. The summed E-state index contributed by atoms with van der Waals surface area (Å²) >= 11 is 4.07. The summed E-state index contributed by atoms with van der Waals surface area (Å²) in [6, 6.07) is 0. The summed E-state index contributed by atoms with van der Waals surface area (Å²) in [4.78, 5) is -2.52. The molecule has 0 aliphatic carbocycles. The average Bonchev–Trinajstić information content (AvgIpc) is 2.52. The van der Waals surface area contributed by atoms with Gasteiger partial charge in [0.2, 0.25) is 0 Å². The van der Waals surface area contributed by atoms with Crippen molar-refractivity contribution in [3.63, 3.8) is 0 Å². The Hall–Kier alpha value is 0.160. The molecule has 4 N–H and O–H groups in total. The second kappa shape index (κ2) is 6.23. The van der Waals surface area contributed by atoms with Gasteiger partial charge >= 0.3 is 6.18 Å². The Bertz CT molecular complexity index is 561. The Labute approximate surface area is 139 Å². The first kappa shape index (κ1) is 20.2. The fourth-order valence-electron chi connectivity index (χ4n) is 2.10. The molecule has 0 fully saturated rings. The van der Waals surface area contributed by atoms with E-state index in [9.17, 15) is 26.0 Å². The molecule has 22 heavy (non-hydrogen) atoms. The molecule has 4 atom stereocenters. The van der Waals surface area contributed by atoms with E-state index in [1.54, 1.807) is 0 Å². The van der Waals surface area contributed by atoms with Gasteiger partial charge in [-0.1, -0.05) is 0 Å². The van der Waals surface area contributed by atoms with Gasteiger partial charge in [-0.3, -0.25) is 0 Å². The van der Waals surface area contributed by atoms with Gasteiger partial charge in [0.15, 0.2) is 9.84 Å². The summed E-state index contributed by atoms with van der Waals surface area (Å²) in [5.41, 5.74) is 9.67. The van der Waals surface area contributed by atoms with E-state index in [0.717, 1.165) is 18.7 Å². The Morgan fingerprint density at radius 2 is 1.82 bits per heavy atom. The molecule has 3 unspecified atom stereocenters. The predicted octanol–water partition coefficient (Wildman–Crippen LogP) is 2.44. The van der Waals surface area contributed by atoms with Crippen LogP contribution < -0.4 is 11.5 Å². The number of rotatable bonds is 5. The van der Waals surface area contributed by atoms with E-state index in [-0.39, 0.29) is 0 Å². The van der Waals surface area contributed by atoms with Gasteiger partial charge in [0, 0.05) is 9.35 Å². The standard InChI is InChI=1S/C11H17BrF4N2O2S2/c1-9(17,8-6(13)3-7(12)21-8)5-22(19,20)10(2,18)4-11(14,15)16/h3,6,8H,4-5,17-18H2,1-2H3/t6?,8?,9-,10?/m0/s1. The third-order valence-corrected chi connectivity index (χ3v) is 8.04. The van der Waals surface area contributed by atoms with Crippen molar-refractivity contribution in [1.29, 1.82) is 0 Å². The lowest BCUT2D eigenvalue weighted by Gasteiger charge is -2.35. The van der Waals surface area contributed by atoms with Gasteiger partial charge in [0.1, 0.15) is 11.0 Å². The van der Waals surface area contributed by atoms with Crippen molar-refractivity contribution < 1.29 is 26.0 Å². The van der Waals surface area contributed by atoms with Crippen molar-refractivity contribution in [1.82, 2.24) is 0 Å². The number of halogens is 5. The first-order valence-corrected chi connectivity index (χ1v) is 9.45. The first-order valence-electron chi connectivity index (χ1n) is 6.12. The van der Waals surface area contributed by atoms with Gasteiger partial charge < -0.3 is 11.5 Å². The number of hydrogen-bond donors (Lipinski definition) is 2. The summed E-state index contributed by atoms with van der Waals surface area (Å²) in [5.74, 6) is -0.852. The van der Waals surface area contributed by atoms with Crippen LogP contribution >= 0.6 is 27.7 Å². The number of nitrogens with two attached hydrogens (primary N) is 2. The molecule has 1 heterocycles. The second-order valence-corrected chi connectivity index (χ2v) is 10.8. The summed E-state index contributed by atoms with van der Waals surface area (Å²) in [6.45, 7) is 2.08. The summed E-state index contributed by atoms with van der Waals surface area (Å²) in [7, 11) is -4.41. The van der Waals surface area contributed by atoms with Crippen LogP contribution in [0.15, 0.2) is 9.89 Å². The van der Waals surface area contributed by atoms with Crippen LogP contribution in [0.4, 0.5) is 17.6 Å². The van der Waals surface area contributed by atoms with E-state index >= 15 is 0 Å². The molecular formula is C11H17BrF4N2O2S2. The van der Waals surface area contributed by atoms with E-state index in [2.05, 4.69) is 15.9 Å². The predicted molar refractivity (Wildman–Crippen MR) is 82.9 cm³/mol. The molecule has 1 aliphatic heterocycles. The summed E-state index contributed by atoms with van der Waals surface area (Å²) in [6.07, 6.45) is -6.71. The second-order valence-electron chi connectivity index (χ2n) is 5.82. The molecule has 4 nitrogen and oxygen atoms in total. The Balaban J connectivity index is 2.96. The minimum atomic E-state index is -4.74. The zero-order valence-corrected chi connectivity index (χ0v) is 15.0. The fraction of sp³-hybridized carbons (Fsp3) is 0.818. The molecule has 1 aliphatic rings. The lowest BCUT2D eigenvalue weighted by atomic mass is 9.98. The van der Waals surface area contributed by atoms with Crippen LogP contribution in [0.2, 0.25) is 0 Å². The minimum Gasteiger partial charge on any atom is -0.323 e. The third kappa shape index (κ3) is 4.83. The van der Waals surface area contributed by atoms with Crippen LogP contribution in [0, 0.1) is 0 Å². The van der Waals surface area contributed by atoms with E-state index < -0.39 is 50.0 Å². The summed E-state index contributed by atoms with van der Waals surface area (Å²) in [5, 5.41) is -0.932. The highest BCUT2D eigenvalue weighted by atomic mass is 79.9. The van der Waals surface area contributed by atoms with Crippen LogP contribution in [-0.4, -0.2) is 42.2 Å². The minimum absolute atomic E-state index is 0.463. The van der Waals surface area contributed by atoms with Crippen molar-refractivity contribution in [2.45, 2.75) is 48.3 Å². The monoisotopic (exact) mass is 428 g/mol. The largest absolute Gasteiger partial charge is 0.391 e. The van der Waals surface area contributed by atoms with Gasteiger partial charge in [-0.15, -0.1) is 11.8 Å². The van der Waals surface area contributed by atoms with Gasteiger partial charge in [-0.05, 0) is 35.9 Å². The zero-order chi connectivity index (χ0) is 17.6. The molecule has 11 heteroatoms. The molecule has 0 saturated heterocycles. The Kier molecular flexibility index (Phi) is 5.72. The fourth-order valence-corrected chi connectivity index (χ4v) is 5.79. The molecule has 0 saturated carbocycles. The Morgan fingerprint density at radius 3 is 2.18 bits per heavy atom. The van der Waals surface area contributed by atoms with Crippen LogP contribution in [0.3, 0.4) is 0 Å². The normalized spacial score (nSPS) is 28.9. The Morgan fingerprint density at radius 1 is 1.32 bits per heavy atom. The molecule has 0 spiro atoms. The highest BCUT2D eigenvalue weighted by Gasteiger charge is 2.50. The maximum absolute atomic E-state index is 13.9. The van der Waals surface area contributed by atoms with Crippen molar-refractivity contribution >= 4 is 37.5 Å². The molecule has 0 radical (unpaired) electrons. The number of allylic oxidation sites excluding steroid dienone is 1. The SMILES string of the molecule is CC(N)(CC(F)(F)F)S(=O)(=O)C[C@](C)(N)C1SC(Br)=CC1F. The molecule has 0 bridgehead atoms. The molecule has 0 amide bonds. The third-order valence-electron chi connectivity index (χ3n) is 3.23. The maximum atomic E-state index is 13.9. The van der Waals surface area contributed by atoms with Gasteiger partial charge in [0.05, 0.1) is 17.4 Å². The van der Waals surface area contributed by atoms with Crippen molar-refractivity contribution in [2.24, 2.45) is 11.5 Å². The number of sulfone groups is 1. The smallest absolute Gasteiger partial charge is 0.323 e. The molecule has 130 valence electrons. The molecular weight excluding hydrogens is 412 g/mol. The molecule has 0 aromatic carbocycles. The van der Waals surface area contributed by atoms with Crippen LogP contribution in [0.25, 0.3) is 0 Å². The quantitative estimate of drug-likeness (QED) is 0.656. The van der Waals surface area contributed by atoms with Crippen molar-refractivity contribution in [3.05, 3.63) is 9.89 Å². The molecule has 0 aromatic heterocycles. The molecule has 1 rings (SSSR count). The van der Waals surface area contributed by atoms with Crippen LogP contribution in [0.5, 0.6) is 0 Å². The zero-order valence-electron chi connectivity index (χ0n) is 11.8. The van der Waals surface area contributed by atoms with E-state index in [4.69, 9.17) is 11.5 Å². The maximum Gasteiger partial charge on any atom is 0.391 e. The van der Waals surface area contributed by atoms with Crippen molar-refractivity contribution in [3.8, 4) is 0 Å². The summed E-state index contributed by atoms with van der Waals surface area (Å²) < 4.78 is 76.2. The number of alkyl halides is 4. The highest BCUT2D eigenvalue weighted by molar-refractivity contribution is 9.14. The highest BCUT2D eigenvalue weighted by Crippen LogP contribution is 2.43. The number of hydrogen-bond acceptors (Lipinski definition) is 5. The van der Waals surface area contributed by atoms with E-state index in [1.807, 2.05) is 0 Å².